The highest BCUT2D eigenvalue weighted by Gasteiger charge is 2.26. The van der Waals surface area contributed by atoms with E-state index in [2.05, 4.69) is 4.74 Å². The fourth-order valence-electron chi connectivity index (χ4n) is 1.38. The molecule has 6 heteroatoms. The maximum absolute atomic E-state index is 12.3. The Morgan fingerprint density at radius 2 is 1.89 bits per heavy atom. The van der Waals surface area contributed by atoms with Gasteiger partial charge in [0.1, 0.15) is 0 Å². The minimum Gasteiger partial charge on any atom is -0.469 e. The summed E-state index contributed by atoms with van der Waals surface area (Å²) in [5.74, 6) is -0.832. The van der Waals surface area contributed by atoms with E-state index in [-0.39, 0.29) is 11.2 Å². The lowest BCUT2D eigenvalue weighted by Gasteiger charge is -2.17. The summed E-state index contributed by atoms with van der Waals surface area (Å²) in [6.45, 7) is 3.42. The molecule has 0 aliphatic carbocycles. The maximum Gasteiger partial charge on any atom is 0.309 e. The molecule has 1 aromatic rings. The quantitative estimate of drug-likeness (QED) is 0.802. The van der Waals surface area contributed by atoms with Crippen molar-refractivity contribution in [2.24, 2.45) is 5.92 Å². The molecule has 100 valence electrons. The number of esters is 1. The molecule has 0 aromatic heterocycles. The van der Waals surface area contributed by atoms with E-state index in [0.717, 1.165) is 0 Å². The van der Waals surface area contributed by atoms with Crippen LogP contribution in [0.3, 0.4) is 0 Å². The van der Waals surface area contributed by atoms with Crippen molar-refractivity contribution in [3.05, 3.63) is 28.2 Å². The van der Waals surface area contributed by atoms with Gasteiger partial charge in [-0.3, -0.25) is 9.00 Å². The zero-order valence-electron chi connectivity index (χ0n) is 10.3. The van der Waals surface area contributed by atoms with Gasteiger partial charge in [-0.25, -0.2) is 0 Å². The van der Waals surface area contributed by atoms with Gasteiger partial charge in [-0.15, -0.1) is 0 Å². The van der Waals surface area contributed by atoms with Crippen molar-refractivity contribution < 1.29 is 13.7 Å². The average Bonchev–Trinajstić information content (AvgIpc) is 2.38. The third-order valence-electron chi connectivity index (χ3n) is 2.74. The highest BCUT2D eigenvalue weighted by Crippen LogP contribution is 2.26. The molecule has 0 heterocycles. The summed E-state index contributed by atoms with van der Waals surface area (Å²) in [4.78, 5) is 12.0. The zero-order chi connectivity index (χ0) is 13.9. The van der Waals surface area contributed by atoms with Crippen molar-refractivity contribution in [2.75, 3.05) is 7.11 Å². The first-order valence-corrected chi connectivity index (χ1v) is 7.28. The first-order valence-electron chi connectivity index (χ1n) is 5.32. The van der Waals surface area contributed by atoms with Crippen LogP contribution in [0.4, 0.5) is 0 Å². The summed E-state index contributed by atoms with van der Waals surface area (Å²) in [7, 11) is -0.0298. The van der Waals surface area contributed by atoms with Crippen LogP contribution in [0, 0.1) is 5.92 Å². The van der Waals surface area contributed by atoms with Gasteiger partial charge < -0.3 is 4.74 Å². The molecule has 0 saturated carbocycles. The normalized spacial score (nSPS) is 15.8. The molecule has 0 aliphatic rings. The molecule has 0 amide bonds. The Morgan fingerprint density at radius 1 is 1.28 bits per heavy atom. The number of benzene rings is 1. The second-order valence-electron chi connectivity index (χ2n) is 3.89. The Morgan fingerprint density at radius 3 is 2.39 bits per heavy atom. The third kappa shape index (κ3) is 3.46. The zero-order valence-corrected chi connectivity index (χ0v) is 12.6. The molecular weight excluding hydrogens is 295 g/mol. The van der Waals surface area contributed by atoms with E-state index in [1.807, 2.05) is 0 Å². The minimum absolute atomic E-state index is 0.348. The highest BCUT2D eigenvalue weighted by molar-refractivity contribution is 7.85. The second kappa shape index (κ2) is 6.55. The topological polar surface area (TPSA) is 43.4 Å². The van der Waals surface area contributed by atoms with Crippen LogP contribution in [-0.2, 0) is 20.3 Å². The Balaban J connectivity index is 2.93. The molecular formula is C12H14Cl2O3S. The molecule has 18 heavy (non-hydrogen) atoms. The van der Waals surface area contributed by atoms with Gasteiger partial charge >= 0.3 is 5.97 Å². The summed E-state index contributed by atoms with van der Waals surface area (Å²) in [5.41, 5.74) is 0. The fraction of sp³-hybridized carbons (Fsp3) is 0.417. The average molecular weight is 309 g/mol. The molecule has 0 bridgehead atoms. The SMILES string of the molecule is COC(=O)C(C)C(C)S(=O)c1ccc(Cl)c(Cl)c1. The monoisotopic (exact) mass is 308 g/mol. The van der Waals surface area contributed by atoms with E-state index in [9.17, 15) is 9.00 Å². The van der Waals surface area contributed by atoms with Crippen LogP contribution >= 0.6 is 23.2 Å². The van der Waals surface area contributed by atoms with Gasteiger partial charge in [0, 0.05) is 10.1 Å². The fourth-order valence-corrected chi connectivity index (χ4v) is 3.09. The van der Waals surface area contributed by atoms with Gasteiger partial charge in [0.25, 0.3) is 0 Å². The lowest BCUT2D eigenvalue weighted by atomic mass is 10.1. The van der Waals surface area contributed by atoms with Crippen molar-refractivity contribution >= 4 is 40.0 Å². The van der Waals surface area contributed by atoms with E-state index >= 15 is 0 Å². The van der Waals surface area contributed by atoms with E-state index < -0.39 is 16.7 Å². The van der Waals surface area contributed by atoms with Crippen LogP contribution in [0.25, 0.3) is 0 Å². The van der Waals surface area contributed by atoms with Crippen LogP contribution in [0.2, 0.25) is 10.0 Å². The maximum atomic E-state index is 12.3. The van der Waals surface area contributed by atoms with Crippen LogP contribution in [0.5, 0.6) is 0 Å². The van der Waals surface area contributed by atoms with Crippen LogP contribution in [0.15, 0.2) is 23.1 Å². The number of carbonyl (C=O) groups is 1. The van der Waals surface area contributed by atoms with Gasteiger partial charge in [-0.2, -0.15) is 0 Å². The summed E-state index contributed by atoms with van der Waals surface area (Å²) in [5, 5.41) is 0.390. The second-order valence-corrected chi connectivity index (χ2v) is 6.51. The number of rotatable bonds is 4. The Labute approximate surface area is 119 Å². The van der Waals surface area contributed by atoms with E-state index in [4.69, 9.17) is 23.2 Å². The van der Waals surface area contributed by atoms with Crippen molar-refractivity contribution in [3.63, 3.8) is 0 Å². The van der Waals surface area contributed by atoms with E-state index in [1.165, 1.54) is 7.11 Å². The van der Waals surface area contributed by atoms with Gasteiger partial charge in [-0.05, 0) is 25.1 Å². The molecule has 3 unspecified atom stereocenters. The Kier molecular flexibility index (Phi) is 5.63. The molecule has 0 radical (unpaired) electrons. The largest absolute Gasteiger partial charge is 0.469 e. The summed E-state index contributed by atoms with van der Waals surface area (Å²) >= 11 is 11.7. The predicted octanol–water partition coefficient (Wildman–Crippen LogP) is 3.30. The molecule has 0 saturated heterocycles. The number of ether oxygens (including phenoxy) is 1. The highest BCUT2D eigenvalue weighted by atomic mass is 35.5. The van der Waals surface area contributed by atoms with Crippen LogP contribution < -0.4 is 0 Å². The summed E-state index contributed by atoms with van der Waals surface area (Å²) < 4.78 is 16.9. The van der Waals surface area contributed by atoms with Crippen molar-refractivity contribution in [1.29, 1.82) is 0 Å². The Bertz CT molecular complexity index is 476. The van der Waals surface area contributed by atoms with Crippen molar-refractivity contribution in [2.45, 2.75) is 24.0 Å². The molecule has 0 N–H and O–H groups in total. The number of halogens is 2. The summed E-state index contributed by atoms with van der Waals surface area (Å²) in [6.07, 6.45) is 0. The van der Waals surface area contributed by atoms with Crippen LogP contribution in [-0.4, -0.2) is 22.5 Å². The number of carbonyl (C=O) groups excluding carboxylic acids is 1. The summed E-state index contributed by atoms with van der Waals surface area (Å²) in [6, 6.07) is 4.79. The first-order chi connectivity index (χ1) is 8.38. The molecule has 0 aliphatic heterocycles. The lowest BCUT2D eigenvalue weighted by molar-refractivity contribution is -0.144. The molecule has 0 fully saturated rings. The number of hydrogen-bond acceptors (Lipinski definition) is 3. The van der Waals surface area contributed by atoms with Crippen LogP contribution in [0.1, 0.15) is 13.8 Å². The van der Waals surface area contributed by atoms with E-state index in [1.54, 1.807) is 32.0 Å². The smallest absolute Gasteiger partial charge is 0.309 e. The van der Waals surface area contributed by atoms with Gasteiger partial charge in [0.15, 0.2) is 0 Å². The lowest BCUT2D eigenvalue weighted by Crippen LogP contribution is -2.28. The van der Waals surface area contributed by atoms with Crippen molar-refractivity contribution in [3.8, 4) is 0 Å². The molecule has 1 aromatic carbocycles. The minimum atomic E-state index is -1.34. The van der Waals surface area contributed by atoms with Gasteiger partial charge in [0.05, 0.1) is 33.9 Å². The van der Waals surface area contributed by atoms with Gasteiger partial charge in [0.2, 0.25) is 0 Å². The molecule has 3 nitrogen and oxygen atoms in total. The standard InChI is InChI=1S/C12H14Cl2O3S/c1-7(12(15)17-3)8(2)18(16)9-4-5-10(13)11(14)6-9/h4-8H,1-3H3. The molecule has 1 rings (SSSR count). The first kappa shape index (κ1) is 15.5. The predicted molar refractivity (Wildman–Crippen MR) is 73.5 cm³/mol. The molecule has 0 spiro atoms. The van der Waals surface area contributed by atoms with E-state index in [0.29, 0.717) is 14.9 Å². The third-order valence-corrected chi connectivity index (χ3v) is 5.28. The van der Waals surface area contributed by atoms with Crippen molar-refractivity contribution in [1.82, 2.24) is 0 Å². The number of hydrogen-bond donors (Lipinski definition) is 0. The van der Waals surface area contributed by atoms with Gasteiger partial charge in [-0.1, -0.05) is 30.1 Å². The molecule has 3 atom stereocenters. The Hall–Kier alpha value is -0.580. The number of methoxy groups -OCH3 is 1.